The van der Waals surface area contributed by atoms with Crippen molar-refractivity contribution in [2.24, 2.45) is 0 Å². The number of hydrogen-bond acceptors (Lipinski definition) is 1. The van der Waals surface area contributed by atoms with Crippen molar-refractivity contribution in [1.82, 2.24) is 0 Å². The smallest absolute Gasteiger partial charge is 0.139 e. The van der Waals surface area contributed by atoms with E-state index in [2.05, 4.69) is 62.4 Å². The average molecular weight is 256 g/mol. The Kier molecular flexibility index (Phi) is 2.43. The van der Waals surface area contributed by atoms with Gasteiger partial charge in [0, 0.05) is 10.8 Å². The summed E-state index contributed by atoms with van der Waals surface area (Å²) in [6, 6.07) is 23.2. The van der Waals surface area contributed by atoms with Crippen LogP contribution in [-0.4, -0.2) is 7.85 Å². The molecule has 0 aliphatic carbocycles. The normalized spacial score (nSPS) is 11.2. The summed E-state index contributed by atoms with van der Waals surface area (Å²) >= 11 is 0. The van der Waals surface area contributed by atoms with Crippen LogP contribution in [-0.2, 0) is 0 Å². The Balaban J connectivity index is 1.97. The first kappa shape index (κ1) is 11.4. The molecule has 1 aromatic heterocycles. The van der Waals surface area contributed by atoms with Gasteiger partial charge in [-0.2, -0.15) is 0 Å². The second-order valence-electron chi connectivity index (χ2n) is 5.18. The van der Waals surface area contributed by atoms with E-state index in [1.165, 1.54) is 27.4 Å². The molecule has 4 rings (SSSR count). The minimum Gasteiger partial charge on any atom is -0.456 e. The van der Waals surface area contributed by atoms with Crippen molar-refractivity contribution in [3.8, 4) is 11.1 Å². The van der Waals surface area contributed by atoms with Crippen LogP contribution in [0.1, 0.15) is 0 Å². The maximum absolute atomic E-state index is 5.86. The number of benzene rings is 3. The van der Waals surface area contributed by atoms with E-state index in [9.17, 15) is 0 Å². The standard InChI is InChI=1S/C18H13BO/c19-14-8-5-12(6-9-14)13-7-10-18-16(11-13)15-3-1-2-4-17(15)20-18/h1-11H,19H2. The maximum atomic E-state index is 5.86. The molecule has 0 aliphatic heterocycles. The largest absolute Gasteiger partial charge is 0.456 e. The molecule has 0 aliphatic rings. The zero-order valence-corrected chi connectivity index (χ0v) is 11.3. The van der Waals surface area contributed by atoms with Crippen LogP contribution in [0.2, 0.25) is 0 Å². The van der Waals surface area contributed by atoms with E-state index < -0.39 is 0 Å². The summed E-state index contributed by atoms with van der Waals surface area (Å²) in [6.45, 7) is 0. The van der Waals surface area contributed by atoms with Gasteiger partial charge in [0.25, 0.3) is 0 Å². The summed E-state index contributed by atoms with van der Waals surface area (Å²) in [7, 11) is 2.11. The molecule has 94 valence electrons. The molecule has 20 heavy (non-hydrogen) atoms. The summed E-state index contributed by atoms with van der Waals surface area (Å²) in [4.78, 5) is 0. The Bertz CT molecular complexity index is 904. The van der Waals surface area contributed by atoms with Crippen molar-refractivity contribution in [3.63, 3.8) is 0 Å². The van der Waals surface area contributed by atoms with Crippen LogP contribution in [0.4, 0.5) is 0 Å². The molecule has 0 radical (unpaired) electrons. The third kappa shape index (κ3) is 1.73. The van der Waals surface area contributed by atoms with Gasteiger partial charge in [-0.05, 0) is 29.3 Å². The van der Waals surface area contributed by atoms with Crippen LogP contribution in [0.25, 0.3) is 33.1 Å². The van der Waals surface area contributed by atoms with Crippen molar-refractivity contribution < 1.29 is 4.42 Å². The van der Waals surface area contributed by atoms with E-state index in [0.717, 1.165) is 11.2 Å². The molecule has 0 bridgehead atoms. The minimum atomic E-state index is 0.946. The SMILES string of the molecule is Bc1ccc(-c2ccc3oc4ccccc4c3c2)cc1. The summed E-state index contributed by atoms with van der Waals surface area (Å²) in [6.07, 6.45) is 0. The lowest BCUT2D eigenvalue weighted by Crippen LogP contribution is -1.98. The van der Waals surface area contributed by atoms with Gasteiger partial charge in [0.2, 0.25) is 0 Å². The van der Waals surface area contributed by atoms with Crippen LogP contribution in [0, 0.1) is 0 Å². The van der Waals surface area contributed by atoms with E-state index in [0.29, 0.717) is 0 Å². The van der Waals surface area contributed by atoms with Gasteiger partial charge in [0.1, 0.15) is 19.0 Å². The highest BCUT2D eigenvalue weighted by molar-refractivity contribution is 6.32. The first-order valence-corrected chi connectivity index (χ1v) is 6.79. The molecule has 0 unspecified atom stereocenters. The number of hydrogen-bond donors (Lipinski definition) is 0. The molecule has 0 atom stereocenters. The van der Waals surface area contributed by atoms with Gasteiger partial charge in [-0.3, -0.25) is 0 Å². The molecule has 0 amide bonds. The summed E-state index contributed by atoms with van der Waals surface area (Å²) in [5.41, 5.74) is 5.64. The monoisotopic (exact) mass is 256 g/mol. The first-order chi connectivity index (χ1) is 9.81. The molecule has 0 spiro atoms. The van der Waals surface area contributed by atoms with Gasteiger partial charge in [0.05, 0.1) is 0 Å². The molecule has 1 nitrogen and oxygen atoms in total. The molecular weight excluding hydrogens is 243 g/mol. The molecule has 0 saturated carbocycles. The first-order valence-electron chi connectivity index (χ1n) is 6.79. The van der Waals surface area contributed by atoms with Crippen LogP contribution >= 0.6 is 0 Å². The van der Waals surface area contributed by atoms with Crippen molar-refractivity contribution in [2.45, 2.75) is 0 Å². The van der Waals surface area contributed by atoms with Gasteiger partial charge in [0.15, 0.2) is 0 Å². The topological polar surface area (TPSA) is 13.1 Å². The quantitative estimate of drug-likeness (QED) is 0.475. The van der Waals surface area contributed by atoms with Crippen molar-refractivity contribution in [1.29, 1.82) is 0 Å². The molecular formula is C18H13BO. The molecule has 2 heteroatoms. The van der Waals surface area contributed by atoms with Crippen molar-refractivity contribution in [3.05, 3.63) is 66.7 Å². The lowest BCUT2D eigenvalue weighted by Gasteiger charge is -2.02. The highest BCUT2D eigenvalue weighted by Gasteiger charge is 2.07. The predicted molar refractivity (Wildman–Crippen MR) is 87.3 cm³/mol. The molecule has 4 aromatic rings. The van der Waals surface area contributed by atoms with Crippen molar-refractivity contribution >= 4 is 35.2 Å². The highest BCUT2D eigenvalue weighted by Crippen LogP contribution is 2.31. The Morgan fingerprint density at radius 2 is 1.35 bits per heavy atom. The van der Waals surface area contributed by atoms with E-state index >= 15 is 0 Å². The number of fused-ring (bicyclic) bond motifs is 3. The van der Waals surface area contributed by atoms with Crippen LogP contribution in [0.3, 0.4) is 0 Å². The molecule has 0 saturated heterocycles. The fourth-order valence-electron chi connectivity index (χ4n) is 2.65. The summed E-state index contributed by atoms with van der Waals surface area (Å²) in [5, 5.41) is 2.36. The molecule has 3 aromatic carbocycles. The third-order valence-corrected chi connectivity index (χ3v) is 3.76. The number of rotatable bonds is 1. The Morgan fingerprint density at radius 1 is 0.650 bits per heavy atom. The average Bonchev–Trinajstić information content (AvgIpc) is 2.86. The summed E-state index contributed by atoms with van der Waals surface area (Å²) < 4.78 is 5.86. The van der Waals surface area contributed by atoms with E-state index in [4.69, 9.17) is 4.42 Å². The maximum Gasteiger partial charge on any atom is 0.139 e. The van der Waals surface area contributed by atoms with Crippen LogP contribution in [0.5, 0.6) is 0 Å². The lowest BCUT2D eigenvalue weighted by molar-refractivity contribution is 0.669. The zero-order chi connectivity index (χ0) is 13.5. The van der Waals surface area contributed by atoms with Gasteiger partial charge in [-0.15, -0.1) is 0 Å². The van der Waals surface area contributed by atoms with Gasteiger partial charge >= 0.3 is 0 Å². The fraction of sp³-hybridized carbons (Fsp3) is 0. The lowest BCUT2D eigenvalue weighted by atomic mass is 9.93. The predicted octanol–water partition coefficient (Wildman–Crippen LogP) is 3.51. The van der Waals surface area contributed by atoms with Gasteiger partial charge < -0.3 is 4.42 Å². The fourth-order valence-corrected chi connectivity index (χ4v) is 2.65. The number of para-hydroxylation sites is 1. The highest BCUT2D eigenvalue weighted by atomic mass is 16.3. The molecule has 0 fully saturated rings. The van der Waals surface area contributed by atoms with Gasteiger partial charge in [-0.1, -0.05) is 54.0 Å². The second-order valence-corrected chi connectivity index (χ2v) is 5.18. The van der Waals surface area contributed by atoms with E-state index in [-0.39, 0.29) is 0 Å². The Morgan fingerprint density at radius 3 is 2.20 bits per heavy atom. The molecule has 1 heterocycles. The van der Waals surface area contributed by atoms with E-state index in [1.807, 2.05) is 12.1 Å². The van der Waals surface area contributed by atoms with Crippen molar-refractivity contribution in [2.75, 3.05) is 0 Å². The zero-order valence-electron chi connectivity index (χ0n) is 11.3. The third-order valence-electron chi connectivity index (χ3n) is 3.76. The Hall–Kier alpha value is -2.48. The van der Waals surface area contributed by atoms with Gasteiger partial charge in [-0.25, -0.2) is 0 Å². The number of furan rings is 1. The second kappa shape index (κ2) is 4.27. The van der Waals surface area contributed by atoms with E-state index in [1.54, 1.807) is 0 Å². The molecule has 0 N–H and O–H groups in total. The van der Waals surface area contributed by atoms with Crippen LogP contribution < -0.4 is 5.46 Å². The van der Waals surface area contributed by atoms with Crippen LogP contribution in [0.15, 0.2) is 71.1 Å². The minimum absolute atomic E-state index is 0.946. The summed E-state index contributed by atoms with van der Waals surface area (Å²) in [5.74, 6) is 0. The Labute approximate surface area is 118 Å².